The average molecular weight is 180 g/mol. The Hall–Kier alpha value is -1.35. The summed E-state index contributed by atoms with van der Waals surface area (Å²) in [6.07, 6.45) is 0.738. The predicted octanol–water partition coefficient (Wildman–Crippen LogP) is 1.39. The van der Waals surface area contributed by atoms with Crippen molar-refractivity contribution in [2.45, 2.75) is 13.5 Å². The summed E-state index contributed by atoms with van der Waals surface area (Å²) in [5.41, 5.74) is 1.21. The van der Waals surface area contributed by atoms with Crippen LogP contribution in [0.25, 0.3) is 0 Å². The molecule has 0 aliphatic rings. The molecule has 0 bridgehead atoms. The molecule has 0 unspecified atom stereocenters. The van der Waals surface area contributed by atoms with Crippen molar-refractivity contribution in [2.24, 2.45) is 0 Å². The van der Waals surface area contributed by atoms with Gasteiger partial charge in [0.15, 0.2) is 0 Å². The molecule has 70 valence electrons. The Morgan fingerprint density at radius 1 is 1.46 bits per heavy atom. The zero-order chi connectivity index (χ0) is 9.68. The molecule has 0 aromatic heterocycles. The Balaban J connectivity index is 2.99. The van der Waals surface area contributed by atoms with Crippen LogP contribution in [0.4, 0.5) is 0 Å². The van der Waals surface area contributed by atoms with Gasteiger partial charge in [-0.15, -0.1) is 0 Å². The summed E-state index contributed by atoms with van der Waals surface area (Å²) < 4.78 is 5.22. The Labute approximate surface area is 77.0 Å². The first-order chi connectivity index (χ1) is 6.30. The second kappa shape index (κ2) is 4.62. The minimum Gasteiger partial charge on any atom is -0.494 e. The van der Waals surface area contributed by atoms with Gasteiger partial charge in [0, 0.05) is 5.56 Å². The van der Waals surface area contributed by atoms with E-state index in [1.165, 1.54) is 0 Å². The zero-order valence-corrected chi connectivity index (χ0v) is 7.49. The average Bonchev–Trinajstić information content (AvgIpc) is 2.17. The highest BCUT2D eigenvalue weighted by Crippen LogP contribution is 2.16. The third-order valence-corrected chi connectivity index (χ3v) is 1.62. The van der Waals surface area contributed by atoms with Crippen LogP contribution in [0.3, 0.4) is 0 Å². The molecular formula is C10H12O3. The summed E-state index contributed by atoms with van der Waals surface area (Å²) in [5.74, 6) is 0.621. The van der Waals surface area contributed by atoms with E-state index < -0.39 is 0 Å². The topological polar surface area (TPSA) is 46.5 Å². The van der Waals surface area contributed by atoms with Crippen molar-refractivity contribution in [1.82, 2.24) is 0 Å². The summed E-state index contributed by atoms with van der Waals surface area (Å²) >= 11 is 0. The number of carbonyl (C=O) groups excluding carboxylic acids is 1. The van der Waals surface area contributed by atoms with E-state index in [1.807, 2.05) is 6.92 Å². The summed E-state index contributed by atoms with van der Waals surface area (Å²) in [6.45, 7) is 2.33. The fourth-order valence-corrected chi connectivity index (χ4v) is 1.10. The van der Waals surface area contributed by atoms with Crippen LogP contribution in [0.1, 0.15) is 22.8 Å². The van der Waals surface area contributed by atoms with E-state index >= 15 is 0 Å². The Morgan fingerprint density at radius 2 is 2.23 bits per heavy atom. The highest BCUT2D eigenvalue weighted by atomic mass is 16.5. The van der Waals surface area contributed by atoms with Gasteiger partial charge in [-0.05, 0) is 30.7 Å². The number of benzene rings is 1. The van der Waals surface area contributed by atoms with Gasteiger partial charge in [0.05, 0.1) is 13.2 Å². The van der Waals surface area contributed by atoms with Crippen LogP contribution in [-0.4, -0.2) is 18.0 Å². The highest BCUT2D eigenvalue weighted by molar-refractivity contribution is 5.76. The fraction of sp³-hybridized carbons (Fsp3) is 0.300. The van der Waals surface area contributed by atoms with Crippen LogP contribution in [0.15, 0.2) is 18.2 Å². The van der Waals surface area contributed by atoms with Gasteiger partial charge in [-0.25, -0.2) is 0 Å². The smallest absolute Gasteiger partial charge is 0.150 e. The third-order valence-electron chi connectivity index (χ3n) is 1.62. The van der Waals surface area contributed by atoms with Crippen LogP contribution < -0.4 is 4.74 Å². The molecule has 0 atom stereocenters. The van der Waals surface area contributed by atoms with Gasteiger partial charge >= 0.3 is 0 Å². The molecule has 3 nitrogen and oxygen atoms in total. The molecule has 0 heterocycles. The normalized spacial score (nSPS) is 9.69. The van der Waals surface area contributed by atoms with Gasteiger partial charge in [0.2, 0.25) is 0 Å². The number of rotatable bonds is 4. The highest BCUT2D eigenvalue weighted by Gasteiger charge is 1.99. The monoisotopic (exact) mass is 180 g/mol. The molecule has 0 saturated carbocycles. The molecule has 1 rings (SSSR count). The lowest BCUT2D eigenvalue weighted by molar-refractivity contribution is 0.112. The minimum absolute atomic E-state index is 0.0816. The lowest BCUT2D eigenvalue weighted by Gasteiger charge is -2.05. The zero-order valence-electron chi connectivity index (χ0n) is 7.49. The summed E-state index contributed by atoms with van der Waals surface area (Å²) in [6, 6.07) is 5.00. The maximum Gasteiger partial charge on any atom is 0.150 e. The van der Waals surface area contributed by atoms with Gasteiger partial charge in [0.1, 0.15) is 12.0 Å². The molecule has 0 saturated heterocycles. The van der Waals surface area contributed by atoms with Crippen molar-refractivity contribution >= 4 is 6.29 Å². The largest absolute Gasteiger partial charge is 0.494 e. The summed E-state index contributed by atoms with van der Waals surface area (Å²) in [4.78, 5) is 10.5. The van der Waals surface area contributed by atoms with E-state index in [0.29, 0.717) is 23.5 Å². The van der Waals surface area contributed by atoms with Crippen LogP contribution in [-0.2, 0) is 6.61 Å². The van der Waals surface area contributed by atoms with E-state index in [1.54, 1.807) is 18.2 Å². The summed E-state index contributed by atoms with van der Waals surface area (Å²) in [5, 5.41) is 8.88. The first-order valence-electron chi connectivity index (χ1n) is 4.13. The number of ether oxygens (including phenoxy) is 1. The number of aliphatic hydroxyl groups is 1. The molecule has 0 amide bonds. The van der Waals surface area contributed by atoms with E-state index in [-0.39, 0.29) is 6.61 Å². The number of aliphatic hydroxyl groups excluding tert-OH is 1. The Bertz CT molecular complexity index is 294. The molecule has 0 spiro atoms. The molecule has 3 heteroatoms. The van der Waals surface area contributed by atoms with Crippen LogP contribution >= 0.6 is 0 Å². The number of hydrogen-bond acceptors (Lipinski definition) is 3. The maximum atomic E-state index is 10.5. The maximum absolute atomic E-state index is 10.5. The van der Waals surface area contributed by atoms with Gasteiger partial charge < -0.3 is 9.84 Å². The van der Waals surface area contributed by atoms with Gasteiger partial charge in [0.25, 0.3) is 0 Å². The first-order valence-corrected chi connectivity index (χ1v) is 4.13. The molecular weight excluding hydrogens is 168 g/mol. The molecule has 0 aliphatic carbocycles. The SMILES string of the molecule is CCOc1cc(C=O)cc(CO)c1. The van der Waals surface area contributed by atoms with Crippen molar-refractivity contribution in [1.29, 1.82) is 0 Å². The van der Waals surface area contributed by atoms with Crippen LogP contribution in [0, 0.1) is 0 Å². The van der Waals surface area contributed by atoms with Crippen molar-refractivity contribution in [3.63, 3.8) is 0 Å². The van der Waals surface area contributed by atoms with Crippen molar-refractivity contribution in [3.8, 4) is 5.75 Å². The van der Waals surface area contributed by atoms with Gasteiger partial charge in [-0.2, -0.15) is 0 Å². The standard InChI is InChI=1S/C10H12O3/c1-2-13-10-4-8(6-11)3-9(5-10)7-12/h3-6,12H,2,7H2,1H3. The quantitative estimate of drug-likeness (QED) is 0.712. The molecule has 0 aliphatic heterocycles. The molecule has 0 fully saturated rings. The van der Waals surface area contributed by atoms with E-state index in [4.69, 9.17) is 9.84 Å². The first kappa shape index (κ1) is 9.74. The van der Waals surface area contributed by atoms with E-state index in [9.17, 15) is 4.79 Å². The third kappa shape index (κ3) is 2.56. The second-order valence-electron chi connectivity index (χ2n) is 2.62. The number of aldehydes is 1. The molecule has 1 aromatic rings. The van der Waals surface area contributed by atoms with Gasteiger partial charge in [-0.3, -0.25) is 4.79 Å². The van der Waals surface area contributed by atoms with Crippen molar-refractivity contribution in [3.05, 3.63) is 29.3 Å². The van der Waals surface area contributed by atoms with E-state index in [0.717, 1.165) is 6.29 Å². The number of carbonyl (C=O) groups is 1. The Morgan fingerprint density at radius 3 is 2.77 bits per heavy atom. The molecule has 13 heavy (non-hydrogen) atoms. The molecule has 0 radical (unpaired) electrons. The summed E-state index contributed by atoms with van der Waals surface area (Å²) in [7, 11) is 0. The minimum atomic E-state index is -0.0816. The van der Waals surface area contributed by atoms with Gasteiger partial charge in [-0.1, -0.05) is 0 Å². The predicted molar refractivity (Wildman–Crippen MR) is 48.9 cm³/mol. The molecule has 1 N–H and O–H groups in total. The van der Waals surface area contributed by atoms with Crippen molar-refractivity contribution < 1.29 is 14.6 Å². The van der Waals surface area contributed by atoms with Crippen LogP contribution in [0.5, 0.6) is 5.75 Å². The van der Waals surface area contributed by atoms with E-state index in [2.05, 4.69) is 0 Å². The van der Waals surface area contributed by atoms with Crippen molar-refractivity contribution in [2.75, 3.05) is 6.61 Å². The number of hydrogen-bond donors (Lipinski definition) is 1. The lowest BCUT2D eigenvalue weighted by Crippen LogP contribution is -1.95. The lowest BCUT2D eigenvalue weighted by atomic mass is 10.1. The fourth-order valence-electron chi connectivity index (χ4n) is 1.10. The van der Waals surface area contributed by atoms with Crippen LogP contribution in [0.2, 0.25) is 0 Å². The molecule has 1 aromatic carbocycles. The second-order valence-corrected chi connectivity index (χ2v) is 2.62. The Kier molecular flexibility index (Phi) is 3.46.